The smallest absolute Gasteiger partial charge is 0.100 e. The molecule has 0 saturated heterocycles. The molecule has 18 heavy (non-hydrogen) atoms. The molecule has 2 aromatic rings. The lowest BCUT2D eigenvalue weighted by Crippen LogP contribution is -2.18. The number of aromatic nitrogens is 4. The normalized spacial score (nSPS) is 11.4. The topological polar surface area (TPSA) is 60.6 Å². The molecule has 0 bridgehead atoms. The number of nitrogens with one attached hydrogen (secondary N) is 2. The molecule has 5 nitrogen and oxygen atoms in total. The summed E-state index contributed by atoms with van der Waals surface area (Å²) in [6.45, 7) is 8.23. The van der Waals surface area contributed by atoms with Crippen LogP contribution in [0.1, 0.15) is 30.3 Å². The molecule has 0 amide bonds. The van der Waals surface area contributed by atoms with E-state index < -0.39 is 0 Å². The number of nitrogens with zero attached hydrogens (tertiary/aromatic N) is 3. The molecule has 2 N–H and O–H groups in total. The van der Waals surface area contributed by atoms with Gasteiger partial charge in [-0.3, -0.25) is 10.2 Å². The Bertz CT molecular complexity index is 492. The number of hydrogen-bond acceptors (Lipinski definition) is 3. The van der Waals surface area contributed by atoms with E-state index in [1.165, 1.54) is 5.56 Å². The maximum atomic E-state index is 4.38. The first-order valence-corrected chi connectivity index (χ1v) is 6.36. The SMILES string of the molecule is CCCN(C)Cc1c[nH]nc1-c1c(C)n[nH]c1C. The van der Waals surface area contributed by atoms with Crippen molar-refractivity contribution in [2.24, 2.45) is 0 Å². The van der Waals surface area contributed by atoms with Crippen LogP contribution in [0.25, 0.3) is 11.3 Å². The first-order valence-electron chi connectivity index (χ1n) is 6.36. The van der Waals surface area contributed by atoms with E-state index in [0.717, 1.165) is 42.2 Å². The minimum absolute atomic E-state index is 0.906. The molecule has 0 aliphatic carbocycles. The van der Waals surface area contributed by atoms with Gasteiger partial charge in [0.15, 0.2) is 0 Å². The molecule has 2 aromatic heterocycles. The average Bonchev–Trinajstić information content (AvgIpc) is 2.87. The van der Waals surface area contributed by atoms with Gasteiger partial charge in [0.05, 0.1) is 5.69 Å². The second-order valence-electron chi connectivity index (χ2n) is 4.81. The number of aromatic amines is 2. The second kappa shape index (κ2) is 5.35. The van der Waals surface area contributed by atoms with Crippen molar-refractivity contribution in [1.29, 1.82) is 0 Å². The third-order valence-electron chi connectivity index (χ3n) is 3.13. The van der Waals surface area contributed by atoms with Crippen molar-refractivity contribution in [3.8, 4) is 11.3 Å². The van der Waals surface area contributed by atoms with Crippen molar-refractivity contribution in [2.75, 3.05) is 13.6 Å². The molecular formula is C13H21N5. The second-order valence-corrected chi connectivity index (χ2v) is 4.81. The lowest BCUT2D eigenvalue weighted by molar-refractivity contribution is 0.328. The summed E-state index contributed by atoms with van der Waals surface area (Å²) in [6.07, 6.45) is 3.14. The Balaban J connectivity index is 2.28. The lowest BCUT2D eigenvalue weighted by atomic mass is 10.1. The van der Waals surface area contributed by atoms with Crippen LogP contribution in [-0.4, -0.2) is 38.9 Å². The fourth-order valence-corrected chi connectivity index (χ4v) is 2.30. The molecule has 2 rings (SSSR count). The predicted octanol–water partition coefficient (Wildman–Crippen LogP) is 2.26. The highest BCUT2D eigenvalue weighted by Crippen LogP contribution is 2.26. The molecule has 0 aliphatic heterocycles. The summed E-state index contributed by atoms with van der Waals surface area (Å²) < 4.78 is 0. The van der Waals surface area contributed by atoms with Crippen LogP contribution in [0.5, 0.6) is 0 Å². The zero-order valence-corrected chi connectivity index (χ0v) is 11.5. The standard InChI is InChI=1S/C13H21N5/c1-5-6-18(4)8-11-7-14-17-13(11)12-9(2)15-16-10(12)3/h7H,5-6,8H2,1-4H3,(H,14,17)(H,15,16). The predicted molar refractivity (Wildman–Crippen MR) is 72.3 cm³/mol. The lowest BCUT2D eigenvalue weighted by Gasteiger charge is -2.15. The minimum Gasteiger partial charge on any atom is -0.302 e. The van der Waals surface area contributed by atoms with Gasteiger partial charge in [-0.25, -0.2) is 0 Å². The fraction of sp³-hybridized carbons (Fsp3) is 0.538. The van der Waals surface area contributed by atoms with E-state index in [2.05, 4.69) is 39.3 Å². The Labute approximate surface area is 108 Å². The third kappa shape index (κ3) is 2.46. The molecule has 0 aromatic carbocycles. The quantitative estimate of drug-likeness (QED) is 0.852. The van der Waals surface area contributed by atoms with Gasteiger partial charge in [-0.1, -0.05) is 6.92 Å². The Morgan fingerprint density at radius 3 is 2.67 bits per heavy atom. The Hall–Kier alpha value is -1.62. The number of aryl methyl sites for hydroxylation is 2. The maximum absolute atomic E-state index is 4.38. The number of hydrogen-bond donors (Lipinski definition) is 2. The molecular weight excluding hydrogens is 226 g/mol. The fourth-order valence-electron chi connectivity index (χ4n) is 2.30. The molecule has 5 heteroatoms. The van der Waals surface area contributed by atoms with Gasteiger partial charge >= 0.3 is 0 Å². The zero-order chi connectivity index (χ0) is 13.1. The van der Waals surface area contributed by atoms with Gasteiger partial charge in [-0.15, -0.1) is 0 Å². The van der Waals surface area contributed by atoms with Crippen molar-refractivity contribution in [3.05, 3.63) is 23.1 Å². The summed E-state index contributed by atoms with van der Waals surface area (Å²) in [5, 5.41) is 14.6. The maximum Gasteiger partial charge on any atom is 0.100 e. The molecule has 0 spiro atoms. The highest BCUT2D eigenvalue weighted by Gasteiger charge is 2.16. The molecule has 0 radical (unpaired) electrons. The van der Waals surface area contributed by atoms with Crippen LogP contribution < -0.4 is 0 Å². The van der Waals surface area contributed by atoms with Gasteiger partial charge in [0.25, 0.3) is 0 Å². The van der Waals surface area contributed by atoms with E-state index in [-0.39, 0.29) is 0 Å². The summed E-state index contributed by atoms with van der Waals surface area (Å²) in [4.78, 5) is 2.30. The van der Waals surface area contributed by atoms with Crippen molar-refractivity contribution in [1.82, 2.24) is 25.3 Å². The van der Waals surface area contributed by atoms with Crippen LogP contribution in [-0.2, 0) is 6.54 Å². The minimum atomic E-state index is 0.906. The molecule has 98 valence electrons. The molecule has 0 fully saturated rings. The van der Waals surface area contributed by atoms with Crippen molar-refractivity contribution in [3.63, 3.8) is 0 Å². The molecule has 0 aliphatic rings. The van der Waals surface area contributed by atoms with Crippen molar-refractivity contribution < 1.29 is 0 Å². The van der Waals surface area contributed by atoms with Crippen LogP contribution in [0.2, 0.25) is 0 Å². The number of rotatable bonds is 5. The largest absolute Gasteiger partial charge is 0.302 e. The molecule has 0 atom stereocenters. The molecule has 2 heterocycles. The summed E-state index contributed by atoms with van der Waals surface area (Å²) in [6, 6.07) is 0. The van der Waals surface area contributed by atoms with E-state index in [0.29, 0.717) is 0 Å². The van der Waals surface area contributed by atoms with E-state index >= 15 is 0 Å². The van der Waals surface area contributed by atoms with Gasteiger partial charge in [0.1, 0.15) is 5.69 Å². The number of H-pyrrole nitrogens is 2. The monoisotopic (exact) mass is 247 g/mol. The summed E-state index contributed by atoms with van der Waals surface area (Å²) in [7, 11) is 2.13. The van der Waals surface area contributed by atoms with E-state index in [4.69, 9.17) is 0 Å². The average molecular weight is 247 g/mol. The van der Waals surface area contributed by atoms with E-state index in [9.17, 15) is 0 Å². The van der Waals surface area contributed by atoms with Gasteiger partial charge in [-0.2, -0.15) is 10.2 Å². The summed E-state index contributed by atoms with van der Waals surface area (Å²) in [5.74, 6) is 0. The summed E-state index contributed by atoms with van der Waals surface area (Å²) >= 11 is 0. The zero-order valence-electron chi connectivity index (χ0n) is 11.5. The van der Waals surface area contributed by atoms with Gasteiger partial charge in [0.2, 0.25) is 0 Å². The Morgan fingerprint density at radius 1 is 1.28 bits per heavy atom. The molecule has 0 unspecified atom stereocenters. The highest BCUT2D eigenvalue weighted by molar-refractivity contribution is 5.67. The summed E-state index contributed by atoms with van der Waals surface area (Å²) in [5.41, 5.74) is 5.43. The first kappa shape index (κ1) is 12.8. The van der Waals surface area contributed by atoms with Crippen molar-refractivity contribution in [2.45, 2.75) is 33.7 Å². The van der Waals surface area contributed by atoms with Crippen LogP contribution in [0.15, 0.2) is 6.20 Å². The third-order valence-corrected chi connectivity index (χ3v) is 3.13. The van der Waals surface area contributed by atoms with Crippen LogP contribution in [0, 0.1) is 13.8 Å². The van der Waals surface area contributed by atoms with E-state index in [1.807, 2.05) is 20.0 Å². The van der Waals surface area contributed by atoms with Gasteiger partial charge in [-0.05, 0) is 33.9 Å². The Kier molecular flexibility index (Phi) is 3.81. The van der Waals surface area contributed by atoms with Gasteiger partial charge in [0, 0.05) is 29.6 Å². The Morgan fingerprint density at radius 2 is 2.06 bits per heavy atom. The van der Waals surface area contributed by atoms with Crippen molar-refractivity contribution >= 4 is 0 Å². The molecule has 0 saturated carbocycles. The highest BCUT2D eigenvalue weighted by atomic mass is 15.2. The van der Waals surface area contributed by atoms with Crippen LogP contribution in [0.4, 0.5) is 0 Å². The van der Waals surface area contributed by atoms with Gasteiger partial charge < -0.3 is 4.90 Å². The van der Waals surface area contributed by atoms with Crippen LogP contribution >= 0.6 is 0 Å². The van der Waals surface area contributed by atoms with E-state index in [1.54, 1.807) is 0 Å². The first-order chi connectivity index (χ1) is 8.63. The van der Waals surface area contributed by atoms with Crippen LogP contribution in [0.3, 0.4) is 0 Å².